The van der Waals surface area contributed by atoms with Crippen LogP contribution in [-0.2, 0) is 15.6 Å². The maximum Gasteiger partial charge on any atom is 0.260 e. The van der Waals surface area contributed by atoms with Crippen LogP contribution in [-0.4, -0.2) is 24.8 Å². The molecule has 2 aromatic rings. The number of aryl methyl sites for hydroxylation is 2. The van der Waals surface area contributed by atoms with Gasteiger partial charge in [0.1, 0.15) is 5.75 Å². The Labute approximate surface area is 111 Å². The lowest BCUT2D eigenvalue weighted by Crippen LogP contribution is -2.02. The van der Waals surface area contributed by atoms with E-state index in [4.69, 9.17) is 10.3 Å². The minimum Gasteiger partial charge on any atom is -0.398 e. The van der Waals surface area contributed by atoms with Gasteiger partial charge in [0.05, 0.1) is 5.56 Å². The van der Waals surface area contributed by atoms with E-state index in [1.54, 1.807) is 0 Å². The molecule has 0 aliphatic heterocycles. The number of nitrogen functional groups attached to an aromatic ring is 1. The summed E-state index contributed by atoms with van der Waals surface area (Å²) in [5.41, 5.74) is 9.09. The largest absolute Gasteiger partial charge is 0.398 e. The summed E-state index contributed by atoms with van der Waals surface area (Å²) < 4.78 is 27.4. The van der Waals surface area contributed by atoms with Crippen molar-refractivity contribution in [2.75, 3.05) is 12.0 Å². The van der Waals surface area contributed by atoms with E-state index in [0.29, 0.717) is 11.3 Å². The highest BCUT2D eigenvalue weighted by molar-refractivity contribution is 7.89. The van der Waals surface area contributed by atoms with E-state index in [1.165, 1.54) is 0 Å². The molecule has 19 heavy (non-hydrogen) atoms. The number of rotatable bonds is 3. The minimum atomic E-state index is -3.19. The maximum atomic E-state index is 11.2. The van der Waals surface area contributed by atoms with E-state index in [0.717, 1.165) is 17.4 Å². The van der Waals surface area contributed by atoms with E-state index in [-0.39, 0.29) is 17.5 Å². The van der Waals surface area contributed by atoms with Crippen molar-refractivity contribution in [2.45, 2.75) is 19.6 Å². The van der Waals surface area contributed by atoms with Gasteiger partial charge in [-0.05, 0) is 31.0 Å². The second-order valence-corrected chi connectivity index (χ2v) is 6.77. The van der Waals surface area contributed by atoms with Gasteiger partial charge in [-0.15, -0.1) is 0 Å². The van der Waals surface area contributed by atoms with Crippen molar-refractivity contribution in [1.82, 2.24) is 10.1 Å². The number of benzene rings is 1. The third-order valence-electron chi connectivity index (χ3n) is 2.62. The van der Waals surface area contributed by atoms with Crippen LogP contribution in [0.25, 0.3) is 11.5 Å². The highest BCUT2D eigenvalue weighted by Crippen LogP contribution is 2.28. The minimum absolute atomic E-state index is 0.135. The number of nitrogens with zero attached hydrogens (tertiary/aromatic N) is 2. The van der Waals surface area contributed by atoms with Gasteiger partial charge >= 0.3 is 0 Å². The lowest BCUT2D eigenvalue weighted by atomic mass is 10.0. The Morgan fingerprint density at radius 3 is 2.63 bits per heavy atom. The van der Waals surface area contributed by atoms with Gasteiger partial charge in [-0.3, -0.25) is 0 Å². The smallest absolute Gasteiger partial charge is 0.260 e. The molecule has 0 spiro atoms. The fourth-order valence-corrected chi connectivity index (χ4v) is 2.40. The van der Waals surface area contributed by atoms with E-state index in [9.17, 15) is 8.42 Å². The number of hydrogen-bond acceptors (Lipinski definition) is 6. The van der Waals surface area contributed by atoms with Crippen LogP contribution in [0.15, 0.2) is 16.7 Å². The van der Waals surface area contributed by atoms with E-state index in [2.05, 4.69) is 10.1 Å². The number of sulfone groups is 1. The number of nitrogens with two attached hydrogens (primary N) is 1. The highest BCUT2D eigenvalue weighted by atomic mass is 32.2. The molecule has 0 radical (unpaired) electrons. The third-order valence-corrected chi connectivity index (χ3v) is 3.40. The van der Waals surface area contributed by atoms with Gasteiger partial charge in [0.25, 0.3) is 5.89 Å². The first kappa shape index (κ1) is 13.5. The predicted octanol–water partition coefficient (Wildman–Crippen LogP) is 1.48. The first-order valence-electron chi connectivity index (χ1n) is 5.63. The standard InChI is InChI=1S/C12H15N3O3S/c1-7-4-8(2)11(13)9(5-7)12-14-10(15-18-12)6-19(3,16)17/h4-5H,6,13H2,1-3H3. The molecule has 2 rings (SSSR count). The molecule has 0 aliphatic rings. The van der Waals surface area contributed by atoms with Crippen molar-refractivity contribution >= 4 is 15.5 Å². The molecule has 0 unspecified atom stereocenters. The van der Waals surface area contributed by atoms with Crippen molar-refractivity contribution in [1.29, 1.82) is 0 Å². The van der Waals surface area contributed by atoms with Crippen LogP contribution in [0.1, 0.15) is 17.0 Å². The Morgan fingerprint density at radius 1 is 1.32 bits per heavy atom. The topological polar surface area (TPSA) is 99.1 Å². The van der Waals surface area contributed by atoms with Gasteiger partial charge in [0.2, 0.25) is 0 Å². The molecule has 0 saturated heterocycles. The Bertz CT molecular complexity index is 720. The van der Waals surface area contributed by atoms with Crippen LogP contribution < -0.4 is 5.73 Å². The zero-order valence-electron chi connectivity index (χ0n) is 11.0. The molecule has 102 valence electrons. The van der Waals surface area contributed by atoms with Gasteiger partial charge in [0.15, 0.2) is 15.7 Å². The number of anilines is 1. The van der Waals surface area contributed by atoms with Gasteiger partial charge < -0.3 is 10.3 Å². The van der Waals surface area contributed by atoms with Crippen molar-refractivity contribution in [3.05, 3.63) is 29.1 Å². The average molecular weight is 281 g/mol. The van der Waals surface area contributed by atoms with Gasteiger partial charge in [-0.2, -0.15) is 4.98 Å². The first-order valence-corrected chi connectivity index (χ1v) is 7.70. The molecule has 7 heteroatoms. The van der Waals surface area contributed by atoms with Gasteiger partial charge in [-0.25, -0.2) is 8.42 Å². The van der Waals surface area contributed by atoms with Crippen LogP contribution >= 0.6 is 0 Å². The highest BCUT2D eigenvalue weighted by Gasteiger charge is 2.16. The predicted molar refractivity (Wildman–Crippen MR) is 72.2 cm³/mol. The molecule has 1 aromatic carbocycles. The molecule has 0 atom stereocenters. The summed E-state index contributed by atoms with van der Waals surface area (Å²) in [6.07, 6.45) is 1.12. The summed E-state index contributed by atoms with van der Waals surface area (Å²) in [5, 5.41) is 3.66. The fourth-order valence-electron chi connectivity index (χ4n) is 1.81. The van der Waals surface area contributed by atoms with Crippen molar-refractivity contribution in [3.63, 3.8) is 0 Å². The summed E-state index contributed by atoms with van der Waals surface area (Å²) in [6, 6.07) is 3.78. The molecule has 0 aliphatic carbocycles. The summed E-state index contributed by atoms with van der Waals surface area (Å²) in [7, 11) is -3.19. The van der Waals surface area contributed by atoms with Crippen molar-refractivity contribution in [2.24, 2.45) is 0 Å². The first-order chi connectivity index (χ1) is 8.76. The SMILES string of the molecule is Cc1cc(C)c(N)c(-c2nc(CS(C)(=O)=O)no2)c1. The van der Waals surface area contributed by atoms with Gasteiger partial charge in [0, 0.05) is 11.9 Å². The average Bonchev–Trinajstić information content (AvgIpc) is 2.69. The monoisotopic (exact) mass is 281 g/mol. The number of aromatic nitrogens is 2. The fraction of sp³-hybridized carbons (Fsp3) is 0.333. The van der Waals surface area contributed by atoms with Crippen molar-refractivity contribution in [3.8, 4) is 11.5 Å². The van der Waals surface area contributed by atoms with Gasteiger partial charge in [-0.1, -0.05) is 11.2 Å². The molecular formula is C12H15N3O3S. The molecule has 1 heterocycles. The van der Waals surface area contributed by atoms with Crippen LogP contribution in [0, 0.1) is 13.8 Å². The summed E-state index contributed by atoms with van der Waals surface area (Å²) in [5.74, 6) is 0.125. The summed E-state index contributed by atoms with van der Waals surface area (Å²) in [4.78, 5) is 4.07. The molecule has 0 fully saturated rings. The Morgan fingerprint density at radius 2 is 2.00 bits per heavy atom. The Hall–Kier alpha value is -1.89. The lowest BCUT2D eigenvalue weighted by Gasteiger charge is -2.06. The molecule has 0 saturated carbocycles. The quantitative estimate of drug-likeness (QED) is 0.855. The zero-order chi connectivity index (χ0) is 14.2. The molecule has 0 amide bonds. The molecule has 6 nitrogen and oxygen atoms in total. The lowest BCUT2D eigenvalue weighted by molar-refractivity contribution is 0.424. The Balaban J connectivity index is 2.44. The van der Waals surface area contributed by atoms with Crippen molar-refractivity contribution < 1.29 is 12.9 Å². The molecular weight excluding hydrogens is 266 g/mol. The van der Waals surface area contributed by atoms with Crippen LogP contribution in [0.4, 0.5) is 5.69 Å². The van der Waals surface area contributed by atoms with E-state index >= 15 is 0 Å². The third kappa shape index (κ3) is 3.11. The van der Waals surface area contributed by atoms with Crippen LogP contribution in [0.3, 0.4) is 0 Å². The van der Waals surface area contributed by atoms with Crippen LogP contribution in [0.5, 0.6) is 0 Å². The molecule has 1 aromatic heterocycles. The Kier molecular flexibility index (Phi) is 3.32. The normalized spacial score (nSPS) is 11.7. The van der Waals surface area contributed by atoms with Crippen LogP contribution in [0.2, 0.25) is 0 Å². The van der Waals surface area contributed by atoms with E-state index in [1.807, 2.05) is 26.0 Å². The second-order valence-electron chi connectivity index (χ2n) is 4.63. The summed E-state index contributed by atoms with van der Waals surface area (Å²) >= 11 is 0. The van der Waals surface area contributed by atoms with E-state index < -0.39 is 9.84 Å². The molecule has 2 N–H and O–H groups in total. The summed E-state index contributed by atoms with van der Waals surface area (Å²) in [6.45, 7) is 3.82. The second kappa shape index (κ2) is 4.65. The number of hydrogen-bond donors (Lipinski definition) is 1. The maximum absolute atomic E-state index is 11.2. The molecule has 0 bridgehead atoms. The zero-order valence-corrected chi connectivity index (χ0v) is 11.8.